The minimum absolute atomic E-state index is 0.0258. The van der Waals surface area contributed by atoms with Crippen molar-refractivity contribution in [3.8, 4) is 11.6 Å². The molecule has 0 unspecified atom stereocenters. The van der Waals surface area contributed by atoms with E-state index >= 15 is 0 Å². The molecule has 32 heavy (non-hydrogen) atoms. The fourth-order valence-electron chi connectivity index (χ4n) is 2.86. The first-order chi connectivity index (χ1) is 15.4. The highest BCUT2D eigenvalue weighted by Crippen LogP contribution is 2.20. The monoisotopic (exact) mass is 435 g/mol. The number of benzene rings is 2. The fourth-order valence-corrected chi connectivity index (χ4v) is 2.86. The van der Waals surface area contributed by atoms with Crippen molar-refractivity contribution < 1.29 is 13.9 Å². The quantitative estimate of drug-likeness (QED) is 0.438. The molecule has 0 atom stereocenters. The Labute approximate surface area is 187 Å². The molecular formula is C24H26FN5O2. The minimum Gasteiger partial charge on any atom is -0.439 e. The number of aliphatic imine (C=N–C) groups is 1. The summed E-state index contributed by atoms with van der Waals surface area (Å²) < 4.78 is 18.7. The van der Waals surface area contributed by atoms with Gasteiger partial charge in [0.15, 0.2) is 5.96 Å². The van der Waals surface area contributed by atoms with Gasteiger partial charge in [-0.15, -0.1) is 0 Å². The van der Waals surface area contributed by atoms with E-state index in [1.54, 1.807) is 44.4 Å². The molecule has 1 aromatic heterocycles. The van der Waals surface area contributed by atoms with Crippen molar-refractivity contribution in [1.82, 2.24) is 20.5 Å². The third-order valence-electron chi connectivity index (χ3n) is 4.59. The average Bonchev–Trinajstić information content (AvgIpc) is 2.81. The third-order valence-corrected chi connectivity index (χ3v) is 4.59. The lowest BCUT2D eigenvalue weighted by atomic mass is 10.1. The van der Waals surface area contributed by atoms with Gasteiger partial charge in [0.05, 0.1) is 0 Å². The summed E-state index contributed by atoms with van der Waals surface area (Å²) in [4.78, 5) is 22.0. The van der Waals surface area contributed by atoms with Crippen LogP contribution < -0.4 is 15.4 Å². The summed E-state index contributed by atoms with van der Waals surface area (Å²) >= 11 is 0. The predicted octanol–water partition coefficient (Wildman–Crippen LogP) is 3.58. The van der Waals surface area contributed by atoms with Gasteiger partial charge in [0, 0.05) is 52.1 Å². The van der Waals surface area contributed by atoms with Crippen molar-refractivity contribution in [3.63, 3.8) is 0 Å². The van der Waals surface area contributed by atoms with Crippen LogP contribution in [0, 0.1) is 5.82 Å². The number of carbonyl (C=O) groups is 1. The fraction of sp³-hybridized carbons (Fsp3) is 0.208. The topological polar surface area (TPSA) is 78.9 Å². The van der Waals surface area contributed by atoms with E-state index in [2.05, 4.69) is 20.6 Å². The lowest BCUT2D eigenvalue weighted by molar-refractivity contribution is 0.0827. The van der Waals surface area contributed by atoms with Gasteiger partial charge in [0.1, 0.15) is 11.6 Å². The molecule has 166 valence electrons. The van der Waals surface area contributed by atoms with E-state index in [1.807, 2.05) is 36.4 Å². The van der Waals surface area contributed by atoms with Gasteiger partial charge in [-0.05, 0) is 53.6 Å². The summed E-state index contributed by atoms with van der Waals surface area (Å²) in [6.45, 7) is 1.07. The van der Waals surface area contributed by atoms with E-state index < -0.39 is 0 Å². The molecular weight excluding hydrogens is 409 g/mol. The number of halogens is 1. The summed E-state index contributed by atoms with van der Waals surface area (Å²) in [6, 6.07) is 16.9. The number of aromatic nitrogens is 1. The third kappa shape index (κ3) is 6.53. The van der Waals surface area contributed by atoms with Crippen LogP contribution in [-0.4, -0.2) is 42.9 Å². The highest BCUT2D eigenvalue weighted by molar-refractivity contribution is 5.93. The zero-order chi connectivity index (χ0) is 22.9. The Balaban J connectivity index is 1.52. The van der Waals surface area contributed by atoms with E-state index in [4.69, 9.17) is 4.74 Å². The maximum Gasteiger partial charge on any atom is 0.253 e. The van der Waals surface area contributed by atoms with Crippen LogP contribution in [0.3, 0.4) is 0 Å². The van der Waals surface area contributed by atoms with Gasteiger partial charge in [0.2, 0.25) is 5.88 Å². The van der Waals surface area contributed by atoms with Crippen LogP contribution in [0.1, 0.15) is 21.5 Å². The van der Waals surface area contributed by atoms with Gasteiger partial charge < -0.3 is 20.3 Å². The molecule has 2 N–H and O–H groups in total. The highest BCUT2D eigenvalue weighted by atomic mass is 19.1. The van der Waals surface area contributed by atoms with Crippen molar-refractivity contribution in [3.05, 3.63) is 89.4 Å². The van der Waals surface area contributed by atoms with Gasteiger partial charge in [-0.2, -0.15) is 0 Å². The van der Waals surface area contributed by atoms with E-state index in [9.17, 15) is 9.18 Å². The number of carbonyl (C=O) groups excluding carboxylic acids is 1. The maximum absolute atomic E-state index is 13.0. The summed E-state index contributed by atoms with van der Waals surface area (Å²) in [5.41, 5.74) is 2.63. The van der Waals surface area contributed by atoms with Crippen LogP contribution in [0.2, 0.25) is 0 Å². The Kier molecular flexibility index (Phi) is 7.75. The molecule has 0 spiro atoms. The van der Waals surface area contributed by atoms with Gasteiger partial charge >= 0.3 is 0 Å². The van der Waals surface area contributed by atoms with E-state index in [0.717, 1.165) is 11.1 Å². The number of hydrogen-bond donors (Lipinski definition) is 2. The van der Waals surface area contributed by atoms with Crippen molar-refractivity contribution in [2.75, 3.05) is 21.1 Å². The van der Waals surface area contributed by atoms with Crippen LogP contribution >= 0.6 is 0 Å². The Morgan fingerprint density at radius 3 is 2.28 bits per heavy atom. The molecule has 2 aromatic carbocycles. The SMILES string of the molecule is CN=C(NCc1ccc(C(=O)N(C)C)cc1)NCc1ccnc(Oc2ccc(F)cc2)c1. The van der Waals surface area contributed by atoms with Crippen LogP contribution in [0.4, 0.5) is 4.39 Å². The maximum atomic E-state index is 13.0. The number of nitrogens with one attached hydrogen (secondary N) is 2. The first-order valence-electron chi connectivity index (χ1n) is 10.1. The van der Waals surface area contributed by atoms with Crippen LogP contribution in [0.25, 0.3) is 0 Å². The second kappa shape index (κ2) is 10.9. The summed E-state index contributed by atoms with van der Waals surface area (Å²) in [6.07, 6.45) is 1.66. The van der Waals surface area contributed by atoms with Crippen molar-refractivity contribution in [2.24, 2.45) is 4.99 Å². The first kappa shape index (κ1) is 22.7. The van der Waals surface area contributed by atoms with Crippen LogP contribution in [0.5, 0.6) is 11.6 Å². The number of hydrogen-bond acceptors (Lipinski definition) is 4. The molecule has 0 aliphatic carbocycles. The number of pyridine rings is 1. The first-order valence-corrected chi connectivity index (χ1v) is 10.1. The molecule has 1 heterocycles. The molecule has 3 aromatic rings. The Hall–Kier alpha value is -3.94. The van der Waals surface area contributed by atoms with E-state index in [-0.39, 0.29) is 11.7 Å². The van der Waals surface area contributed by atoms with E-state index in [1.165, 1.54) is 12.1 Å². The van der Waals surface area contributed by atoms with Crippen molar-refractivity contribution >= 4 is 11.9 Å². The van der Waals surface area contributed by atoms with Gasteiger partial charge in [-0.3, -0.25) is 9.79 Å². The van der Waals surface area contributed by atoms with Crippen molar-refractivity contribution in [2.45, 2.75) is 13.1 Å². The van der Waals surface area contributed by atoms with Crippen molar-refractivity contribution in [1.29, 1.82) is 0 Å². The van der Waals surface area contributed by atoms with Crippen LogP contribution in [-0.2, 0) is 13.1 Å². The lowest BCUT2D eigenvalue weighted by Crippen LogP contribution is -2.36. The Morgan fingerprint density at radius 1 is 1.00 bits per heavy atom. The Bertz CT molecular complexity index is 1070. The van der Waals surface area contributed by atoms with Gasteiger partial charge in [-0.25, -0.2) is 9.37 Å². The molecule has 0 saturated carbocycles. The van der Waals surface area contributed by atoms with Crippen LogP contribution in [0.15, 0.2) is 71.9 Å². The molecule has 3 rings (SSSR count). The zero-order valence-electron chi connectivity index (χ0n) is 18.3. The predicted molar refractivity (Wildman–Crippen MR) is 122 cm³/mol. The molecule has 0 bridgehead atoms. The molecule has 0 aliphatic heterocycles. The summed E-state index contributed by atoms with van der Waals surface area (Å²) in [5.74, 6) is 1.23. The largest absolute Gasteiger partial charge is 0.439 e. The smallest absolute Gasteiger partial charge is 0.253 e. The molecule has 0 saturated heterocycles. The number of amides is 1. The number of guanidine groups is 1. The molecule has 7 nitrogen and oxygen atoms in total. The second-order valence-corrected chi connectivity index (χ2v) is 7.23. The van der Waals surface area contributed by atoms with Gasteiger partial charge in [-0.1, -0.05) is 12.1 Å². The molecule has 0 aliphatic rings. The number of ether oxygens (including phenoxy) is 1. The highest BCUT2D eigenvalue weighted by Gasteiger charge is 2.07. The normalized spacial score (nSPS) is 11.1. The standard InChI is InChI=1S/C24H26FN5O2/c1-26-24(28-15-17-4-6-19(7-5-17)23(31)30(2)3)29-16-18-12-13-27-22(14-18)32-21-10-8-20(25)9-11-21/h4-14H,15-16H2,1-3H3,(H2,26,28,29). The molecule has 1 amide bonds. The molecule has 0 fully saturated rings. The zero-order valence-corrected chi connectivity index (χ0v) is 18.3. The number of nitrogens with zero attached hydrogens (tertiary/aromatic N) is 3. The molecule has 8 heteroatoms. The summed E-state index contributed by atoms with van der Waals surface area (Å²) in [5, 5.41) is 6.49. The van der Waals surface area contributed by atoms with E-state index in [0.29, 0.717) is 36.2 Å². The summed E-state index contributed by atoms with van der Waals surface area (Å²) in [7, 11) is 5.16. The Morgan fingerprint density at radius 2 is 1.66 bits per heavy atom. The molecule has 0 radical (unpaired) electrons. The minimum atomic E-state index is -0.319. The average molecular weight is 436 g/mol. The second-order valence-electron chi connectivity index (χ2n) is 7.23. The number of rotatable bonds is 7. The lowest BCUT2D eigenvalue weighted by Gasteiger charge is -2.13. The van der Waals surface area contributed by atoms with Gasteiger partial charge in [0.25, 0.3) is 5.91 Å².